The fourth-order valence-electron chi connectivity index (χ4n) is 2.46. The fourth-order valence-corrected chi connectivity index (χ4v) is 2.87. The van der Waals surface area contributed by atoms with Gasteiger partial charge in [0.15, 0.2) is 11.4 Å². The van der Waals surface area contributed by atoms with Gasteiger partial charge in [0, 0.05) is 11.4 Å². The van der Waals surface area contributed by atoms with Crippen molar-refractivity contribution >= 4 is 17.7 Å². The van der Waals surface area contributed by atoms with Crippen molar-refractivity contribution in [3.63, 3.8) is 0 Å². The van der Waals surface area contributed by atoms with Crippen molar-refractivity contribution in [2.75, 3.05) is 6.26 Å². The van der Waals surface area contributed by atoms with Gasteiger partial charge in [-0.1, -0.05) is 17.3 Å². The second-order valence-electron chi connectivity index (χ2n) is 5.70. The molecular formula is C18H14F4N4OS. The Balaban J connectivity index is 1.86. The van der Waals surface area contributed by atoms with Crippen molar-refractivity contribution in [3.05, 3.63) is 71.3 Å². The van der Waals surface area contributed by atoms with Crippen LogP contribution in [0.3, 0.4) is 0 Å². The lowest BCUT2D eigenvalue weighted by atomic mass is 10.2. The number of hydrogen-bond donors (Lipinski definition) is 1. The molecule has 0 aliphatic rings. The fraction of sp³-hybridized carbons (Fsp3) is 0.167. The molecule has 28 heavy (non-hydrogen) atoms. The summed E-state index contributed by atoms with van der Waals surface area (Å²) in [5.74, 6) is -1.61. The minimum atomic E-state index is -4.88. The van der Waals surface area contributed by atoms with Crippen molar-refractivity contribution in [2.45, 2.75) is 17.6 Å². The first-order chi connectivity index (χ1) is 13.3. The molecule has 2 aromatic carbocycles. The monoisotopic (exact) mass is 410 g/mol. The van der Waals surface area contributed by atoms with Gasteiger partial charge in [0.05, 0.1) is 5.69 Å². The van der Waals surface area contributed by atoms with Gasteiger partial charge in [0.25, 0.3) is 5.91 Å². The maximum absolute atomic E-state index is 13.6. The van der Waals surface area contributed by atoms with Gasteiger partial charge >= 0.3 is 6.18 Å². The summed E-state index contributed by atoms with van der Waals surface area (Å²) < 4.78 is 54.2. The first-order valence-corrected chi connectivity index (χ1v) is 9.22. The van der Waals surface area contributed by atoms with E-state index in [0.29, 0.717) is 4.68 Å². The molecular weight excluding hydrogens is 396 g/mol. The van der Waals surface area contributed by atoms with Crippen molar-refractivity contribution in [3.8, 4) is 5.69 Å². The van der Waals surface area contributed by atoms with Crippen molar-refractivity contribution in [1.29, 1.82) is 0 Å². The Bertz CT molecular complexity index is 969. The second-order valence-corrected chi connectivity index (χ2v) is 6.58. The molecule has 0 radical (unpaired) electrons. The molecule has 10 heteroatoms. The summed E-state index contributed by atoms with van der Waals surface area (Å²) >= 11 is 1.55. The standard InChI is InChI=1S/C18H14F4N4OS/c1-28-14-8-2-11(3-9-14)10-23-17(27)15-16(18(20,21)22)26(25-24-15)13-6-4-12(19)5-7-13/h2-9H,10H2,1H3,(H,23,27). The van der Waals surface area contributed by atoms with Gasteiger partial charge < -0.3 is 5.32 Å². The van der Waals surface area contributed by atoms with Gasteiger partial charge in [-0.15, -0.1) is 16.9 Å². The van der Waals surface area contributed by atoms with E-state index in [9.17, 15) is 22.4 Å². The molecule has 0 bridgehead atoms. The molecule has 1 aromatic heterocycles. The third kappa shape index (κ3) is 4.33. The number of hydrogen-bond acceptors (Lipinski definition) is 4. The van der Waals surface area contributed by atoms with Gasteiger partial charge in [-0.2, -0.15) is 13.2 Å². The largest absolute Gasteiger partial charge is 0.435 e. The van der Waals surface area contributed by atoms with Crippen LogP contribution in [0.5, 0.6) is 0 Å². The lowest BCUT2D eigenvalue weighted by molar-refractivity contribution is -0.143. The Morgan fingerprint density at radius 1 is 1.11 bits per heavy atom. The number of nitrogens with zero attached hydrogens (tertiary/aromatic N) is 3. The van der Waals surface area contributed by atoms with Crippen LogP contribution in [0.1, 0.15) is 21.7 Å². The molecule has 0 saturated carbocycles. The molecule has 146 valence electrons. The summed E-state index contributed by atoms with van der Waals surface area (Å²) in [7, 11) is 0. The van der Waals surface area contributed by atoms with Crippen molar-refractivity contribution in [2.24, 2.45) is 0 Å². The third-order valence-corrected chi connectivity index (χ3v) is 4.58. The molecule has 0 spiro atoms. The van der Waals surface area contributed by atoms with Gasteiger partial charge in [0.1, 0.15) is 5.82 Å². The Hall–Kier alpha value is -2.88. The summed E-state index contributed by atoms with van der Waals surface area (Å²) in [6, 6.07) is 11.5. The van der Waals surface area contributed by atoms with E-state index in [2.05, 4.69) is 15.6 Å². The van der Waals surface area contributed by atoms with Crippen LogP contribution in [-0.2, 0) is 12.7 Å². The highest BCUT2D eigenvalue weighted by Crippen LogP contribution is 2.32. The average Bonchev–Trinajstić information content (AvgIpc) is 3.13. The Kier molecular flexibility index (Phi) is 5.68. The van der Waals surface area contributed by atoms with E-state index >= 15 is 0 Å². The van der Waals surface area contributed by atoms with E-state index in [1.807, 2.05) is 18.4 Å². The van der Waals surface area contributed by atoms with Crippen LogP contribution in [0.25, 0.3) is 5.69 Å². The quantitative estimate of drug-likeness (QED) is 0.509. The first-order valence-electron chi connectivity index (χ1n) is 7.99. The van der Waals surface area contributed by atoms with Crippen LogP contribution in [-0.4, -0.2) is 27.2 Å². The molecule has 5 nitrogen and oxygen atoms in total. The zero-order valence-corrected chi connectivity index (χ0v) is 15.3. The summed E-state index contributed by atoms with van der Waals surface area (Å²) in [4.78, 5) is 13.3. The molecule has 1 heterocycles. The van der Waals surface area contributed by atoms with Gasteiger partial charge in [-0.3, -0.25) is 4.79 Å². The van der Waals surface area contributed by atoms with Crippen molar-refractivity contribution in [1.82, 2.24) is 20.3 Å². The normalized spacial score (nSPS) is 11.5. The van der Waals surface area contributed by atoms with E-state index in [1.54, 1.807) is 23.9 Å². The molecule has 3 rings (SSSR count). The lowest BCUT2D eigenvalue weighted by Crippen LogP contribution is -2.27. The smallest absolute Gasteiger partial charge is 0.346 e. The minimum Gasteiger partial charge on any atom is -0.346 e. The Morgan fingerprint density at radius 2 is 1.75 bits per heavy atom. The number of benzene rings is 2. The van der Waals surface area contributed by atoms with Crippen LogP contribution >= 0.6 is 11.8 Å². The predicted molar refractivity (Wildman–Crippen MR) is 95.7 cm³/mol. The number of carbonyl (C=O) groups is 1. The lowest BCUT2D eigenvalue weighted by Gasteiger charge is -2.11. The van der Waals surface area contributed by atoms with E-state index < -0.39 is 29.3 Å². The zero-order chi connectivity index (χ0) is 20.3. The molecule has 1 amide bonds. The predicted octanol–water partition coefficient (Wildman–Crippen LogP) is 4.08. The number of thioether (sulfide) groups is 1. The number of rotatable bonds is 5. The number of aromatic nitrogens is 3. The van der Waals surface area contributed by atoms with Crippen LogP contribution in [0.4, 0.5) is 17.6 Å². The van der Waals surface area contributed by atoms with E-state index in [1.165, 1.54) is 0 Å². The number of amides is 1. The third-order valence-electron chi connectivity index (χ3n) is 3.84. The molecule has 0 fully saturated rings. The highest BCUT2D eigenvalue weighted by molar-refractivity contribution is 7.98. The summed E-state index contributed by atoms with van der Waals surface area (Å²) in [6.45, 7) is 0.0359. The molecule has 0 aliphatic carbocycles. The number of halogens is 4. The Morgan fingerprint density at radius 3 is 2.32 bits per heavy atom. The van der Waals surface area contributed by atoms with Crippen LogP contribution in [0.15, 0.2) is 53.4 Å². The topological polar surface area (TPSA) is 59.8 Å². The Labute approximate surface area is 161 Å². The summed E-state index contributed by atoms with van der Waals surface area (Å²) in [5, 5.41) is 9.26. The summed E-state index contributed by atoms with van der Waals surface area (Å²) in [5.41, 5.74) is -1.51. The SMILES string of the molecule is CSc1ccc(CNC(=O)c2nnn(-c3ccc(F)cc3)c2C(F)(F)F)cc1. The van der Waals surface area contributed by atoms with E-state index in [4.69, 9.17) is 0 Å². The highest BCUT2D eigenvalue weighted by atomic mass is 32.2. The maximum atomic E-state index is 13.6. The van der Waals surface area contributed by atoms with Crippen molar-refractivity contribution < 1.29 is 22.4 Å². The van der Waals surface area contributed by atoms with Crippen LogP contribution in [0, 0.1) is 5.82 Å². The summed E-state index contributed by atoms with van der Waals surface area (Å²) in [6.07, 6.45) is -2.97. The van der Waals surface area contributed by atoms with E-state index in [0.717, 1.165) is 34.7 Å². The van der Waals surface area contributed by atoms with Gasteiger partial charge in [0.2, 0.25) is 0 Å². The molecule has 1 N–H and O–H groups in total. The number of alkyl halides is 3. The van der Waals surface area contributed by atoms with Gasteiger partial charge in [-0.25, -0.2) is 9.07 Å². The van der Waals surface area contributed by atoms with Crippen LogP contribution in [0.2, 0.25) is 0 Å². The molecule has 0 atom stereocenters. The van der Waals surface area contributed by atoms with E-state index in [-0.39, 0.29) is 12.2 Å². The maximum Gasteiger partial charge on any atom is 0.435 e. The first kappa shape index (κ1) is 19.9. The molecule has 3 aromatic rings. The molecule has 0 unspecified atom stereocenters. The average molecular weight is 410 g/mol. The second kappa shape index (κ2) is 8.01. The minimum absolute atomic E-state index is 0.0359. The highest BCUT2D eigenvalue weighted by Gasteiger charge is 2.42. The molecule has 0 saturated heterocycles. The molecule has 0 aliphatic heterocycles. The number of nitrogens with one attached hydrogen (secondary N) is 1. The number of carbonyl (C=O) groups excluding carboxylic acids is 1. The van der Waals surface area contributed by atoms with Gasteiger partial charge in [-0.05, 0) is 48.2 Å². The zero-order valence-electron chi connectivity index (χ0n) is 14.5. The van der Waals surface area contributed by atoms with Crippen LogP contribution < -0.4 is 5.32 Å².